The molecule has 8 heteroatoms. The molecule has 1 aromatic rings. The summed E-state index contributed by atoms with van der Waals surface area (Å²) < 4.78 is 6.69. The first-order valence-corrected chi connectivity index (χ1v) is 7.21. The molecule has 120 valence electrons. The van der Waals surface area contributed by atoms with E-state index in [0.717, 1.165) is 4.76 Å². The molecule has 2 aliphatic heterocycles. The highest BCUT2D eigenvalue weighted by atomic mass is 16.6. The highest BCUT2D eigenvalue weighted by Gasteiger charge is 2.61. The van der Waals surface area contributed by atoms with E-state index in [-0.39, 0.29) is 11.5 Å². The average molecular weight is 317 g/mol. The second-order valence-corrected chi connectivity index (χ2v) is 6.66. The van der Waals surface area contributed by atoms with Gasteiger partial charge in [0, 0.05) is 12.1 Å². The first-order valence-electron chi connectivity index (χ1n) is 7.21. The second-order valence-electron chi connectivity index (χ2n) is 6.66. The van der Waals surface area contributed by atoms with Gasteiger partial charge in [0.15, 0.2) is 0 Å². The monoisotopic (exact) mass is 317 g/mol. The van der Waals surface area contributed by atoms with E-state index in [1.165, 1.54) is 18.2 Å². The molecule has 1 aromatic carbocycles. The summed E-state index contributed by atoms with van der Waals surface area (Å²) in [5.74, 6) is 0.0526. The Morgan fingerprint density at radius 1 is 1.26 bits per heavy atom. The Morgan fingerprint density at radius 3 is 2.61 bits per heavy atom. The van der Waals surface area contributed by atoms with Gasteiger partial charge in [0.05, 0.1) is 15.6 Å². The molecule has 0 N–H and O–H groups in total. The van der Waals surface area contributed by atoms with Crippen molar-refractivity contribution in [2.75, 3.05) is 0 Å². The lowest BCUT2D eigenvalue weighted by Crippen LogP contribution is -2.49. The minimum atomic E-state index is -0.744. The molecular weight excluding hydrogens is 300 g/mol. The number of nitrogens with zero attached hydrogens (tertiary/aromatic N) is 4. The molecule has 0 saturated carbocycles. The van der Waals surface area contributed by atoms with Crippen LogP contribution in [0.4, 0.5) is 5.69 Å². The lowest BCUT2D eigenvalue weighted by Gasteiger charge is -2.23. The molecule has 0 bridgehead atoms. The van der Waals surface area contributed by atoms with Crippen molar-refractivity contribution < 1.29 is 14.4 Å². The highest BCUT2D eigenvalue weighted by molar-refractivity contribution is 6.03. The second kappa shape index (κ2) is 4.76. The molecule has 1 fully saturated rings. The standard InChI is InChI=1S/C15H17N4O4/c1-14(2)11-12(15(3,4)23-14)18(20)13(17-16-11)9-6-5-7-10(8-9)19(21)22/h5-8,12H,1-4H3/q+1. The Labute approximate surface area is 132 Å². The van der Waals surface area contributed by atoms with Crippen molar-refractivity contribution in [3.8, 4) is 0 Å². The normalized spacial score (nSPS) is 24.7. The van der Waals surface area contributed by atoms with Crippen LogP contribution in [-0.2, 0) is 4.74 Å². The number of benzene rings is 1. The molecule has 1 atom stereocenters. The van der Waals surface area contributed by atoms with Gasteiger partial charge in [-0.25, -0.2) is 0 Å². The van der Waals surface area contributed by atoms with Crippen LogP contribution in [0.3, 0.4) is 0 Å². The maximum absolute atomic E-state index is 12.8. The first-order chi connectivity index (χ1) is 10.6. The third-order valence-electron chi connectivity index (χ3n) is 4.06. The number of amidine groups is 1. The number of fused-ring (bicyclic) bond motifs is 1. The van der Waals surface area contributed by atoms with Gasteiger partial charge < -0.3 is 4.74 Å². The first kappa shape index (κ1) is 15.4. The van der Waals surface area contributed by atoms with Crippen LogP contribution in [0.5, 0.6) is 0 Å². The SMILES string of the molecule is CC1(C)OC(C)(C)C2C1=NN=C(c1cccc([N+](=O)[O-])c1)[N+]2=O. The zero-order valence-corrected chi connectivity index (χ0v) is 13.3. The molecule has 1 saturated heterocycles. The van der Waals surface area contributed by atoms with E-state index in [1.807, 2.05) is 27.7 Å². The Bertz CT molecular complexity index is 779. The van der Waals surface area contributed by atoms with Crippen molar-refractivity contribution >= 4 is 17.2 Å². The van der Waals surface area contributed by atoms with E-state index in [9.17, 15) is 15.0 Å². The molecule has 2 heterocycles. The van der Waals surface area contributed by atoms with Crippen LogP contribution < -0.4 is 0 Å². The van der Waals surface area contributed by atoms with Gasteiger partial charge in [-0.05, 0) is 43.6 Å². The molecule has 2 aliphatic rings. The molecule has 0 aromatic heterocycles. The number of nitroso groups, excluding NO2 is 1. The summed E-state index contributed by atoms with van der Waals surface area (Å²) in [6, 6.07) is 5.18. The van der Waals surface area contributed by atoms with Gasteiger partial charge in [0.1, 0.15) is 16.9 Å². The zero-order chi connectivity index (χ0) is 17.0. The summed E-state index contributed by atoms with van der Waals surface area (Å²) in [6.45, 7) is 7.33. The van der Waals surface area contributed by atoms with E-state index in [2.05, 4.69) is 10.2 Å². The summed E-state index contributed by atoms with van der Waals surface area (Å²) >= 11 is 0. The van der Waals surface area contributed by atoms with Crippen LogP contribution in [0, 0.1) is 15.0 Å². The largest absolute Gasteiger partial charge is 0.396 e. The van der Waals surface area contributed by atoms with Gasteiger partial charge in [-0.15, -0.1) is 0 Å². The van der Waals surface area contributed by atoms with Crippen molar-refractivity contribution in [2.24, 2.45) is 10.2 Å². The van der Waals surface area contributed by atoms with Crippen LogP contribution in [0.15, 0.2) is 34.5 Å². The molecule has 1 unspecified atom stereocenters. The van der Waals surface area contributed by atoms with E-state index >= 15 is 0 Å². The molecule has 8 nitrogen and oxygen atoms in total. The molecule has 0 aliphatic carbocycles. The molecule has 0 spiro atoms. The lowest BCUT2D eigenvalue weighted by molar-refractivity contribution is -0.475. The lowest BCUT2D eigenvalue weighted by atomic mass is 9.91. The zero-order valence-electron chi connectivity index (χ0n) is 13.3. The quantitative estimate of drug-likeness (QED) is 0.475. The summed E-state index contributed by atoms with van der Waals surface area (Å²) in [5, 5.41) is 19.1. The van der Waals surface area contributed by atoms with Crippen LogP contribution in [0.1, 0.15) is 33.3 Å². The van der Waals surface area contributed by atoms with Gasteiger partial charge in [-0.1, -0.05) is 11.0 Å². The maximum atomic E-state index is 12.8. The van der Waals surface area contributed by atoms with Gasteiger partial charge in [-0.2, -0.15) is 0 Å². The fraction of sp³-hybridized carbons (Fsp3) is 0.467. The summed E-state index contributed by atoms with van der Waals surface area (Å²) in [4.78, 5) is 23.3. The van der Waals surface area contributed by atoms with Crippen molar-refractivity contribution in [3.05, 3.63) is 44.9 Å². The Kier molecular flexibility index (Phi) is 3.19. The minimum absolute atomic E-state index is 0.0526. The number of hydrogen-bond acceptors (Lipinski definition) is 6. The predicted octanol–water partition coefficient (Wildman–Crippen LogP) is 2.45. The van der Waals surface area contributed by atoms with Crippen LogP contribution in [0.25, 0.3) is 0 Å². The van der Waals surface area contributed by atoms with E-state index in [1.54, 1.807) is 6.07 Å². The fourth-order valence-corrected chi connectivity index (χ4v) is 3.20. The molecule has 23 heavy (non-hydrogen) atoms. The third kappa shape index (κ3) is 2.35. The van der Waals surface area contributed by atoms with Crippen LogP contribution >= 0.6 is 0 Å². The van der Waals surface area contributed by atoms with Gasteiger partial charge >= 0.3 is 5.84 Å². The van der Waals surface area contributed by atoms with Crippen molar-refractivity contribution in [3.63, 3.8) is 0 Å². The molecule has 3 rings (SSSR count). The summed E-state index contributed by atoms with van der Waals surface area (Å²) in [6.07, 6.45) is 0. The highest BCUT2D eigenvalue weighted by Crippen LogP contribution is 2.39. The third-order valence-corrected chi connectivity index (χ3v) is 4.06. The molecular formula is C15H17N4O4+. The average Bonchev–Trinajstić information content (AvgIpc) is 2.64. The summed E-state index contributed by atoms with van der Waals surface area (Å²) in [7, 11) is 0. The van der Waals surface area contributed by atoms with Crippen LogP contribution in [0.2, 0.25) is 0 Å². The maximum Gasteiger partial charge on any atom is 0.396 e. The van der Waals surface area contributed by atoms with Gasteiger partial charge in [0.25, 0.3) is 5.69 Å². The predicted molar refractivity (Wildman–Crippen MR) is 83.7 cm³/mol. The van der Waals surface area contributed by atoms with Crippen LogP contribution in [-0.4, -0.2) is 38.5 Å². The van der Waals surface area contributed by atoms with E-state index < -0.39 is 22.2 Å². The fourth-order valence-electron chi connectivity index (χ4n) is 3.20. The number of ether oxygens (including phenoxy) is 1. The van der Waals surface area contributed by atoms with Crippen molar-refractivity contribution in [2.45, 2.75) is 44.9 Å². The molecule has 0 radical (unpaired) electrons. The van der Waals surface area contributed by atoms with E-state index in [0.29, 0.717) is 11.3 Å². The Balaban J connectivity index is 2.09. The van der Waals surface area contributed by atoms with Crippen molar-refractivity contribution in [1.82, 2.24) is 0 Å². The molecule has 0 amide bonds. The van der Waals surface area contributed by atoms with E-state index in [4.69, 9.17) is 4.74 Å². The number of nitro groups is 1. The Morgan fingerprint density at radius 2 is 1.96 bits per heavy atom. The smallest absolute Gasteiger partial charge is 0.358 e. The number of nitro benzene ring substituents is 1. The topological polar surface area (TPSA) is 97.2 Å². The number of rotatable bonds is 2. The van der Waals surface area contributed by atoms with Crippen molar-refractivity contribution in [1.29, 1.82) is 0 Å². The van der Waals surface area contributed by atoms with Gasteiger partial charge in [-0.3, -0.25) is 10.1 Å². The number of non-ortho nitro benzene ring substituents is 1. The Hall–Kier alpha value is -2.48. The summed E-state index contributed by atoms with van der Waals surface area (Å²) in [5.41, 5.74) is -0.611. The van der Waals surface area contributed by atoms with Gasteiger partial charge in [0.2, 0.25) is 6.04 Å². The minimum Gasteiger partial charge on any atom is -0.358 e. The number of hydrogen-bond donors (Lipinski definition) is 0.